The van der Waals surface area contributed by atoms with Gasteiger partial charge in [0.15, 0.2) is 0 Å². The van der Waals surface area contributed by atoms with Gasteiger partial charge in [0.25, 0.3) is 0 Å². The highest BCUT2D eigenvalue weighted by Gasteiger charge is 2.21. The van der Waals surface area contributed by atoms with Crippen molar-refractivity contribution in [2.75, 3.05) is 26.7 Å². The fraction of sp³-hybridized carbons (Fsp3) is 0.647. The van der Waals surface area contributed by atoms with Crippen molar-refractivity contribution in [3.05, 3.63) is 23.8 Å². The van der Waals surface area contributed by atoms with E-state index in [4.69, 9.17) is 4.74 Å². The van der Waals surface area contributed by atoms with Crippen molar-refractivity contribution in [2.45, 2.75) is 51.5 Å². The quantitative estimate of drug-likeness (QED) is 0.710. The third kappa shape index (κ3) is 6.12. The van der Waals surface area contributed by atoms with Gasteiger partial charge in [-0.25, -0.2) is 13.1 Å². The summed E-state index contributed by atoms with van der Waals surface area (Å²) in [6.07, 6.45) is 1.78. The summed E-state index contributed by atoms with van der Waals surface area (Å²) >= 11 is 0. The van der Waals surface area contributed by atoms with E-state index in [-0.39, 0.29) is 10.9 Å². The van der Waals surface area contributed by atoms with Crippen molar-refractivity contribution in [1.29, 1.82) is 0 Å². The molecule has 0 heterocycles. The van der Waals surface area contributed by atoms with Gasteiger partial charge >= 0.3 is 0 Å². The van der Waals surface area contributed by atoms with Crippen LogP contribution in [0.1, 0.15) is 39.2 Å². The summed E-state index contributed by atoms with van der Waals surface area (Å²) in [4.78, 5) is 2.54. The van der Waals surface area contributed by atoms with E-state index in [0.717, 1.165) is 38.0 Å². The van der Waals surface area contributed by atoms with Gasteiger partial charge in [-0.15, -0.1) is 0 Å². The minimum Gasteiger partial charge on any atom is -0.495 e. The molecule has 1 atom stereocenters. The molecule has 0 aliphatic carbocycles. The van der Waals surface area contributed by atoms with E-state index in [1.54, 1.807) is 12.1 Å². The second kappa shape index (κ2) is 9.25. The number of rotatable bonds is 10. The van der Waals surface area contributed by atoms with Crippen LogP contribution in [-0.2, 0) is 10.0 Å². The number of aryl methyl sites for hydroxylation is 1. The topological polar surface area (TPSA) is 58.6 Å². The van der Waals surface area contributed by atoms with Gasteiger partial charge in [0, 0.05) is 6.04 Å². The zero-order chi connectivity index (χ0) is 17.5. The third-order valence-corrected chi connectivity index (χ3v) is 5.58. The second-order valence-electron chi connectivity index (χ2n) is 5.85. The average molecular weight is 343 g/mol. The molecule has 0 aliphatic rings. The molecule has 5 nitrogen and oxygen atoms in total. The molecule has 0 aromatic heterocycles. The molecule has 1 N–H and O–H groups in total. The summed E-state index contributed by atoms with van der Waals surface area (Å²) in [7, 11) is -2.09. The van der Waals surface area contributed by atoms with Gasteiger partial charge < -0.3 is 9.64 Å². The zero-order valence-electron chi connectivity index (χ0n) is 14.9. The number of benzene rings is 1. The molecule has 1 rings (SSSR count). The number of methoxy groups -OCH3 is 1. The summed E-state index contributed by atoms with van der Waals surface area (Å²) in [5.41, 5.74) is 0.889. The molecule has 0 radical (unpaired) electrons. The SMILES string of the molecule is CCN(CC)CCC[C@H](C)NS(=O)(=O)c1cc(C)ccc1OC. The van der Waals surface area contributed by atoms with Gasteiger partial charge in [-0.1, -0.05) is 19.9 Å². The van der Waals surface area contributed by atoms with Gasteiger partial charge in [0.1, 0.15) is 10.6 Å². The maximum atomic E-state index is 12.6. The van der Waals surface area contributed by atoms with Crippen LogP contribution in [0.15, 0.2) is 23.1 Å². The van der Waals surface area contributed by atoms with Crippen molar-refractivity contribution < 1.29 is 13.2 Å². The number of nitrogens with zero attached hydrogens (tertiary/aromatic N) is 1. The first-order chi connectivity index (χ1) is 10.8. The molecular weight excluding hydrogens is 312 g/mol. The normalized spacial score (nSPS) is 13.3. The molecular formula is C17H30N2O3S. The Kier molecular flexibility index (Phi) is 8.02. The van der Waals surface area contributed by atoms with E-state index in [1.807, 2.05) is 19.9 Å². The highest BCUT2D eigenvalue weighted by molar-refractivity contribution is 7.89. The van der Waals surface area contributed by atoms with Crippen LogP contribution in [0.2, 0.25) is 0 Å². The fourth-order valence-electron chi connectivity index (χ4n) is 2.54. The Labute approximate surface area is 141 Å². The lowest BCUT2D eigenvalue weighted by Crippen LogP contribution is -2.34. The van der Waals surface area contributed by atoms with Crippen molar-refractivity contribution in [3.8, 4) is 5.75 Å². The smallest absolute Gasteiger partial charge is 0.244 e. The van der Waals surface area contributed by atoms with E-state index in [2.05, 4.69) is 23.5 Å². The Bertz CT molecular complexity index is 584. The second-order valence-corrected chi connectivity index (χ2v) is 7.53. The minimum atomic E-state index is -3.58. The summed E-state index contributed by atoms with van der Waals surface area (Å²) < 4.78 is 33.1. The molecule has 1 aromatic carbocycles. The van der Waals surface area contributed by atoms with Crippen molar-refractivity contribution >= 4 is 10.0 Å². The van der Waals surface area contributed by atoms with Gasteiger partial charge in [-0.3, -0.25) is 0 Å². The molecule has 0 saturated heterocycles. The molecule has 23 heavy (non-hydrogen) atoms. The van der Waals surface area contributed by atoms with Gasteiger partial charge in [0.2, 0.25) is 10.0 Å². The number of hydrogen-bond acceptors (Lipinski definition) is 4. The van der Waals surface area contributed by atoms with Crippen LogP contribution in [0.25, 0.3) is 0 Å². The van der Waals surface area contributed by atoms with Crippen LogP contribution in [0.4, 0.5) is 0 Å². The third-order valence-electron chi connectivity index (χ3n) is 3.97. The largest absolute Gasteiger partial charge is 0.495 e. The number of hydrogen-bond donors (Lipinski definition) is 1. The van der Waals surface area contributed by atoms with Crippen LogP contribution < -0.4 is 9.46 Å². The van der Waals surface area contributed by atoms with Crippen LogP contribution in [0.5, 0.6) is 5.75 Å². The molecule has 0 saturated carbocycles. The summed E-state index contributed by atoms with van der Waals surface area (Å²) in [6, 6.07) is 5.06. The molecule has 0 unspecified atom stereocenters. The van der Waals surface area contributed by atoms with Crippen molar-refractivity contribution in [1.82, 2.24) is 9.62 Å². The molecule has 6 heteroatoms. The molecule has 0 fully saturated rings. The highest BCUT2D eigenvalue weighted by atomic mass is 32.2. The number of ether oxygens (including phenoxy) is 1. The van der Waals surface area contributed by atoms with Gasteiger partial charge in [-0.05, 0) is 64.0 Å². The first kappa shape index (κ1) is 19.9. The fourth-order valence-corrected chi connectivity index (χ4v) is 4.07. The van der Waals surface area contributed by atoms with Crippen LogP contribution in [0, 0.1) is 6.92 Å². The molecule has 0 amide bonds. The minimum absolute atomic E-state index is 0.110. The maximum absolute atomic E-state index is 12.6. The van der Waals surface area contributed by atoms with E-state index >= 15 is 0 Å². The highest BCUT2D eigenvalue weighted by Crippen LogP contribution is 2.24. The molecule has 132 valence electrons. The Morgan fingerprint density at radius 2 is 1.91 bits per heavy atom. The summed E-state index contributed by atoms with van der Waals surface area (Å²) in [5.74, 6) is 0.374. The number of nitrogens with one attached hydrogen (secondary N) is 1. The summed E-state index contributed by atoms with van der Waals surface area (Å²) in [6.45, 7) is 11.1. The lowest BCUT2D eigenvalue weighted by atomic mass is 10.2. The first-order valence-electron chi connectivity index (χ1n) is 8.23. The van der Waals surface area contributed by atoms with Crippen molar-refractivity contribution in [2.24, 2.45) is 0 Å². The molecule has 1 aromatic rings. The van der Waals surface area contributed by atoms with E-state index in [9.17, 15) is 8.42 Å². The standard InChI is InChI=1S/C17H30N2O3S/c1-6-19(7-2)12-8-9-15(4)18-23(20,21)17-13-14(3)10-11-16(17)22-5/h10-11,13,15,18H,6-9,12H2,1-5H3/t15-/m0/s1. The Morgan fingerprint density at radius 1 is 1.26 bits per heavy atom. The van der Waals surface area contributed by atoms with E-state index in [1.165, 1.54) is 7.11 Å². The van der Waals surface area contributed by atoms with Crippen LogP contribution in [-0.4, -0.2) is 46.1 Å². The van der Waals surface area contributed by atoms with E-state index < -0.39 is 10.0 Å². The lowest BCUT2D eigenvalue weighted by Gasteiger charge is -2.20. The Balaban J connectivity index is 2.69. The zero-order valence-corrected chi connectivity index (χ0v) is 15.7. The Hall–Kier alpha value is -1.11. The van der Waals surface area contributed by atoms with Gasteiger partial charge in [0.05, 0.1) is 7.11 Å². The molecule has 0 aliphatic heterocycles. The predicted octanol–water partition coefficient (Wildman–Crippen LogP) is 2.79. The molecule has 0 spiro atoms. The van der Waals surface area contributed by atoms with Crippen molar-refractivity contribution in [3.63, 3.8) is 0 Å². The monoisotopic (exact) mass is 342 g/mol. The Morgan fingerprint density at radius 3 is 2.48 bits per heavy atom. The van der Waals surface area contributed by atoms with Crippen LogP contribution >= 0.6 is 0 Å². The van der Waals surface area contributed by atoms with Gasteiger partial charge in [-0.2, -0.15) is 0 Å². The number of sulfonamides is 1. The van der Waals surface area contributed by atoms with Crippen LogP contribution in [0.3, 0.4) is 0 Å². The van der Waals surface area contributed by atoms with E-state index in [0.29, 0.717) is 5.75 Å². The predicted molar refractivity (Wildman–Crippen MR) is 94.5 cm³/mol. The average Bonchev–Trinajstić information content (AvgIpc) is 2.51. The molecule has 0 bridgehead atoms. The summed E-state index contributed by atoms with van der Waals surface area (Å²) in [5, 5.41) is 0. The first-order valence-corrected chi connectivity index (χ1v) is 9.71. The lowest BCUT2D eigenvalue weighted by molar-refractivity contribution is 0.293. The maximum Gasteiger partial charge on any atom is 0.244 e.